The van der Waals surface area contributed by atoms with Crippen molar-refractivity contribution in [2.75, 3.05) is 0 Å². The van der Waals surface area contributed by atoms with E-state index in [-0.39, 0.29) is 0 Å². The minimum absolute atomic E-state index is 0.399. The predicted octanol–water partition coefficient (Wildman–Crippen LogP) is 3.82. The van der Waals surface area contributed by atoms with Gasteiger partial charge in [0, 0.05) is 12.3 Å². The van der Waals surface area contributed by atoms with Gasteiger partial charge in [0.15, 0.2) is 0 Å². The number of rotatable bonds is 4. The van der Waals surface area contributed by atoms with Crippen LogP contribution < -0.4 is 0 Å². The molecule has 1 fully saturated rings. The van der Waals surface area contributed by atoms with Gasteiger partial charge in [0.25, 0.3) is 0 Å². The molecule has 0 aliphatic heterocycles. The lowest BCUT2D eigenvalue weighted by molar-refractivity contribution is -0.124. The molecule has 82 valence electrons. The number of Topliss-reactive ketones (excluding diaryl/α,β-unsaturated/α-hetero) is 1. The zero-order chi connectivity index (χ0) is 10.6. The zero-order valence-corrected chi connectivity index (χ0v) is 9.88. The van der Waals surface area contributed by atoms with E-state index in [1.54, 1.807) is 0 Å². The van der Waals surface area contributed by atoms with Gasteiger partial charge in [0.1, 0.15) is 5.78 Å². The second-order valence-corrected chi connectivity index (χ2v) is 5.08. The summed E-state index contributed by atoms with van der Waals surface area (Å²) in [7, 11) is 0. The topological polar surface area (TPSA) is 17.1 Å². The van der Waals surface area contributed by atoms with Crippen LogP contribution in [0.2, 0.25) is 0 Å². The molecule has 0 aromatic carbocycles. The minimum atomic E-state index is 0.399. The standard InChI is InChI=1S/C13H24O/c1-4-6-13(14)12-8-5-7-11(9-12)10(2)3/h10-12H,4-9H2,1-3H3. The SMILES string of the molecule is CCCC(=O)C1CCCC(C(C)C)C1. The Bertz CT molecular complexity index is 184. The van der Waals surface area contributed by atoms with Crippen LogP contribution in [0.4, 0.5) is 0 Å². The van der Waals surface area contributed by atoms with Gasteiger partial charge in [-0.25, -0.2) is 0 Å². The highest BCUT2D eigenvalue weighted by atomic mass is 16.1. The van der Waals surface area contributed by atoms with E-state index in [2.05, 4.69) is 20.8 Å². The van der Waals surface area contributed by atoms with Crippen molar-refractivity contribution in [3.8, 4) is 0 Å². The maximum absolute atomic E-state index is 11.8. The summed E-state index contributed by atoms with van der Waals surface area (Å²) < 4.78 is 0. The quantitative estimate of drug-likeness (QED) is 0.668. The molecule has 0 spiro atoms. The third-order valence-electron chi connectivity index (χ3n) is 3.61. The van der Waals surface area contributed by atoms with Crippen molar-refractivity contribution >= 4 is 5.78 Å². The lowest BCUT2D eigenvalue weighted by atomic mass is 9.74. The van der Waals surface area contributed by atoms with E-state index in [1.807, 2.05) is 0 Å². The van der Waals surface area contributed by atoms with Crippen LogP contribution in [0, 0.1) is 17.8 Å². The van der Waals surface area contributed by atoms with Crippen molar-refractivity contribution in [2.45, 2.75) is 59.3 Å². The molecule has 1 nitrogen and oxygen atoms in total. The summed E-state index contributed by atoms with van der Waals surface area (Å²) >= 11 is 0. The van der Waals surface area contributed by atoms with Gasteiger partial charge in [0.05, 0.1) is 0 Å². The van der Waals surface area contributed by atoms with E-state index in [9.17, 15) is 4.79 Å². The van der Waals surface area contributed by atoms with Crippen LogP contribution in [0.3, 0.4) is 0 Å². The first-order valence-electron chi connectivity index (χ1n) is 6.17. The van der Waals surface area contributed by atoms with Crippen molar-refractivity contribution in [1.82, 2.24) is 0 Å². The van der Waals surface area contributed by atoms with Crippen LogP contribution >= 0.6 is 0 Å². The molecule has 0 saturated heterocycles. The van der Waals surface area contributed by atoms with Gasteiger partial charge < -0.3 is 0 Å². The summed E-state index contributed by atoms with van der Waals surface area (Å²) in [6.07, 6.45) is 6.74. The summed E-state index contributed by atoms with van der Waals surface area (Å²) in [6.45, 7) is 6.68. The van der Waals surface area contributed by atoms with Gasteiger partial charge in [-0.05, 0) is 31.1 Å². The van der Waals surface area contributed by atoms with E-state index in [0.717, 1.165) is 37.5 Å². The van der Waals surface area contributed by atoms with Gasteiger partial charge in [-0.2, -0.15) is 0 Å². The number of carbonyl (C=O) groups is 1. The summed E-state index contributed by atoms with van der Waals surface area (Å²) in [4.78, 5) is 11.8. The maximum Gasteiger partial charge on any atom is 0.135 e. The fourth-order valence-corrected chi connectivity index (χ4v) is 2.58. The highest BCUT2D eigenvalue weighted by molar-refractivity contribution is 5.80. The molecule has 0 aromatic rings. The van der Waals surface area contributed by atoms with Crippen LogP contribution in [-0.4, -0.2) is 5.78 Å². The molecule has 1 aliphatic rings. The number of hydrogen-bond acceptors (Lipinski definition) is 1. The third-order valence-corrected chi connectivity index (χ3v) is 3.61. The molecule has 14 heavy (non-hydrogen) atoms. The van der Waals surface area contributed by atoms with Gasteiger partial charge in [0.2, 0.25) is 0 Å². The fourth-order valence-electron chi connectivity index (χ4n) is 2.58. The molecule has 0 heterocycles. The lowest BCUT2D eigenvalue weighted by Crippen LogP contribution is -2.25. The van der Waals surface area contributed by atoms with Crippen LogP contribution in [0.15, 0.2) is 0 Å². The van der Waals surface area contributed by atoms with Crippen molar-refractivity contribution in [3.63, 3.8) is 0 Å². The Morgan fingerprint density at radius 1 is 1.36 bits per heavy atom. The predicted molar refractivity (Wildman–Crippen MR) is 60.2 cm³/mol. The molecule has 1 aliphatic carbocycles. The fraction of sp³-hybridized carbons (Fsp3) is 0.923. The van der Waals surface area contributed by atoms with Gasteiger partial charge in [-0.1, -0.05) is 33.6 Å². The highest BCUT2D eigenvalue weighted by Crippen LogP contribution is 2.34. The Morgan fingerprint density at radius 3 is 2.64 bits per heavy atom. The minimum Gasteiger partial charge on any atom is -0.299 e. The number of ketones is 1. The average Bonchev–Trinajstić information content (AvgIpc) is 2.18. The molecule has 0 bridgehead atoms. The summed E-state index contributed by atoms with van der Waals surface area (Å²) in [6, 6.07) is 0. The molecular formula is C13H24O. The smallest absolute Gasteiger partial charge is 0.135 e. The first-order chi connectivity index (χ1) is 6.65. The highest BCUT2D eigenvalue weighted by Gasteiger charge is 2.27. The molecule has 0 aromatic heterocycles. The van der Waals surface area contributed by atoms with E-state index < -0.39 is 0 Å². The maximum atomic E-state index is 11.8. The third kappa shape index (κ3) is 3.11. The van der Waals surface area contributed by atoms with Crippen LogP contribution in [0.5, 0.6) is 0 Å². The Kier molecular flexibility index (Phi) is 4.64. The van der Waals surface area contributed by atoms with Crippen LogP contribution in [0.1, 0.15) is 59.3 Å². The van der Waals surface area contributed by atoms with Crippen LogP contribution in [-0.2, 0) is 4.79 Å². The molecule has 1 heteroatoms. The first-order valence-corrected chi connectivity index (χ1v) is 6.17. The Morgan fingerprint density at radius 2 is 2.07 bits per heavy atom. The molecule has 0 N–H and O–H groups in total. The Labute approximate surface area is 88.3 Å². The van der Waals surface area contributed by atoms with Gasteiger partial charge >= 0.3 is 0 Å². The van der Waals surface area contributed by atoms with Crippen molar-refractivity contribution in [1.29, 1.82) is 0 Å². The normalized spacial score (nSPS) is 28.0. The van der Waals surface area contributed by atoms with E-state index >= 15 is 0 Å². The summed E-state index contributed by atoms with van der Waals surface area (Å²) in [5.41, 5.74) is 0. The molecule has 0 radical (unpaired) electrons. The first kappa shape index (κ1) is 11.7. The number of hydrogen-bond donors (Lipinski definition) is 0. The van der Waals surface area contributed by atoms with E-state index in [4.69, 9.17) is 0 Å². The average molecular weight is 196 g/mol. The second kappa shape index (κ2) is 5.53. The van der Waals surface area contributed by atoms with Gasteiger partial charge in [-0.15, -0.1) is 0 Å². The molecule has 0 amide bonds. The molecule has 2 atom stereocenters. The zero-order valence-electron chi connectivity index (χ0n) is 9.88. The molecular weight excluding hydrogens is 172 g/mol. The molecule has 1 saturated carbocycles. The van der Waals surface area contributed by atoms with E-state index in [0.29, 0.717) is 11.7 Å². The Balaban J connectivity index is 2.43. The number of carbonyl (C=O) groups excluding carboxylic acids is 1. The second-order valence-electron chi connectivity index (χ2n) is 5.08. The molecule has 2 unspecified atom stereocenters. The largest absolute Gasteiger partial charge is 0.299 e. The summed E-state index contributed by atoms with van der Waals surface area (Å²) in [5.74, 6) is 2.48. The van der Waals surface area contributed by atoms with Crippen molar-refractivity contribution in [3.05, 3.63) is 0 Å². The Hall–Kier alpha value is -0.330. The monoisotopic (exact) mass is 196 g/mol. The van der Waals surface area contributed by atoms with Gasteiger partial charge in [-0.3, -0.25) is 4.79 Å². The van der Waals surface area contributed by atoms with Crippen LogP contribution in [0.25, 0.3) is 0 Å². The van der Waals surface area contributed by atoms with E-state index in [1.165, 1.54) is 12.8 Å². The van der Waals surface area contributed by atoms with Crippen molar-refractivity contribution in [2.24, 2.45) is 17.8 Å². The lowest BCUT2D eigenvalue weighted by Gasteiger charge is -2.30. The molecule has 1 rings (SSSR count). The van der Waals surface area contributed by atoms with Crippen molar-refractivity contribution < 1.29 is 4.79 Å². The summed E-state index contributed by atoms with van der Waals surface area (Å²) in [5, 5.41) is 0.